The molecule has 0 saturated carbocycles. The zero-order valence-corrected chi connectivity index (χ0v) is 15.0. The van der Waals surface area contributed by atoms with Gasteiger partial charge < -0.3 is 5.32 Å². The third kappa shape index (κ3) is 4.71. The smallest absolute Gasteiger partial charge is 0.0358 e. The molecule has 1 aliphatic heterocycles. The summed E-state index contributed by atoms with van der Waals surface area (Å²) in [5.74, 6) is 0. The highest BCUT2D eigenvalue weighted by molar-refractivity contribution is 5.86. The molecule has 0 aromatic heterocycles. The Hall–Kier alpha value is -1.06. The molecule has 1 heterocycles. The lowest BCUT2D eigenvalue weighted by Crippen LogP contribution is -2.45. The van der Waals surface area contributed by atoms with E-state index in [9.17, 15) is 0 Å². The predicted octanol–water partition coefficient (Wildman–Crippen LogP) is 4.60. The Morgan fingerprint density at radius 2 is 1.74 bits per heavy atom. The minimum atomic E-state index is 0. The number of hydrogen-bond acceptors (Lipinski definition) is 2. The summed E-state index contributed by atoms with van der Waals surface area (Å²) >= 11 is 0. The Kier molecular flexibility index (Phi) is 8.64. The number of allylic oxidation sites excluding steroid dienone is 1. The van der Waals surface area contributed by atoms with Crippen LogP contribution in [0.25, 0.3) is 10.8 Å². The molecule has 1 aliphatic rings. The van der Waals surface area contributed by atoms with E-state index in [0.717, 1.165) is 39.0 Å². The Morgan fingerprint density at radius 1 is 1.04 bits per heavy atom. The largest absolute Gasteiger partial charge is 0.314 e. The van der Waals surface area contributed by atoms with Crippen molar-refractivity contribution in [1.29, 1.82) is 0 Å². The molecular formula is C19H26Cl2N2. The maximum atomic E-state index is 3.90. The van der Waals surface area contributed by atoms with Crippen LogP contribution in [0, 0.1) is 0 Å². The topological polar surface area (TPSA) is 15.3 Å². The van der Waals surface area contributed by atoms with Crippen LogP contribution in [0.1, 0.15) is 24.4 Å². The quantitative estimate of drug-likeness (QED) is 0.791. The second-order valence-corrected chi connectivity index (χ2v) is 5.74. The molecular weight excluding hydrogens is 327 g/mol. The van der Waals surface area contributed by atoms with E-state index in [4.69, 9.17) is 0 Å². The average molecular weight is 353 g/mol. The molecule has 0 amide bonds. The molecule has 0 aliphatic carbocycles. The second-order valence-electron chi connectivity index (χ2n) is 5.74. The highest BCUT2D eigenvalue weighted by Crippen LogP contribution is 2.31. The van der Waals surface area contributed by atoms with Crippen LogP contribution in [0.3, 0.4) is 0 Å². The number of halogens is 2. The predicted molar refractivity (Wildman–Crippen MR) is 105 cm³/mol. The first-order valence-electron chi connectivity index (χ1n) is 7.93. The lowest BCUT2D eigenvalue weighted by molar-refractivity contribution is 0.167. The monoisotopic (exact) mass is 352 g/mol. The van der Waals surface area contributed by atoms with E-state index in [0.29, 0.717) is 6.04 Å². The molecule has 2 aromatic rings. The lowest BCUT2D eigenvalue weighted by atomic mass is 9.94. The normalized spacial score (nSPS) is 16.2. The van der Waals surface area contributed by atoms with Crippen molar-refractivity contribution in [2.75, 3.05) is 26.2 Å². The summed E-state index contributed by atoms with van der Waals surface area (Å²) in [6.07, 6.45) is 4.26. The van der Waals surface area contributed by atoms with Crippen LogP contribution in [-0.4, -0.2) is 31.1 Å². The van der Waals surface area contributed by atoms with Crippen molar-refractivity contribution < 1.29 is 0 Å². The highest BCUT2D eigenvalue weighted by Gasteiger charge is 2.22. The van der Waals surface area contributed by atoms with E-state index < -0.39 is 0 Å². The molecule has 4 heteroatoms. The number of hydrogen-bond donors (Lipinski definition) is 1. The van der Waals surface area contributed by atoms with E-state index >= 15 is 0 Å². The molecule has 3 rings (SSSR count). The molecule has 0 bridgehead atoms. The Labute approximate surface area is 151 Å². The van der Waals surface area contributed by atoms with E-state index in [2.05, 4.69) is 59.3 Å². The van der Waals surface area contributed by atoms with E-state index in [1.54, 1.807) is 0 Å². The summed E-state index contributed by atoms with van der Waals surface area (Å²) in [5.41, 5.74) is 1.47. The summed E-state index contributed by atoms with van der Waals surface area (Å²) in [6, 6.07) is 15.9. The van der Waals surface area contributed by atoms with Gasteiger partial charge in [0.1, 0.15) is 0 Å². The molecule has 126 valence electrons. The molecule has 0 radical (unpaired) electrons. The van der Waals surface area contributed by atoms with Gasteiger partial charge in [-0.05, 0) is 29.2 Å². The average Bonchev–Trinajstić information content (AvgIpc) is 2.56. The minimum Gasteiger partial charge on any atom is -0.314 e. The molecule has 0 unspecified atom stereocenters. The summed E-state index contributed by atoms with van der Waals surface area (Å²) in [5, 5.41) is 6.19. The van der Waals surface area contributed by atoms with Gasteiger partial charge in [0.15, 0.2) is 0 Å². The zero-order valence-electron chi connectivity index (χ0n) is 13.4. The third-order valence-corrected chi connectivity index (χ3v) is 4.42. The van der Waals surface area contributed by atoms with Crippen molar-refractivity contribution in [3.63, 3.8) is 0 Å². The summed E-state index contributed by atoms with van der Waals surface area (Å²) in [7, 11) is 0. The number of nitrogens with zero attached hydrogens (tertiary/aromatic N) is 1. The summed E-state index contributed by atoms with van der Waals surface area (Å²) < 4.78 is 0. The maximum absolute atomic E-state index is 3.90. The van der Waals surface area contributed by atoms with Gasteiger partial charge in [-0.25, -0.2) is 0 Å². The van der Waals surface area contributed by atoms with Gasteiger partial charge in [-0.1, -0.05) is 48.5 Å². The standard InChI is InChI=1S/C19H24N2.2ClH/c1-2-3-11-19(21-14-12-20-13-15-21)18-10-6-8-16-7-4-5-9-17(16)18;;/h2,4-10,19-20H,1,3,11-15H2;2*1H/t19-;;/m1../s1. The second kappa shape index (κ2) is 9.94. The molecule has 1 atom stereocenters. The van der Waals surface area contributed by atoms with E-state index in [1.807, 2.05) is 6.08 Å². The maximum Gasteiger partial charge on any atom is 0.0358 e. The van der Waals surface area contributed by atoms with Gasteiger partial charge in [-0.15, -0.1) is 31.4 Å². The summed E-state index contributed by atoms with van der Waals surface area (Å²) in [4.78, 5) is 2.63. The fraction of sp³-hybridized carbons (Fsp3) is 0.368. The van der Waals surface area contributed by atoms with Gasteiger partial charge in [-0.2, -0.15) is 0 Å². The molecule has 1 saturated heterocycles. The van der Waals surface area contributed by atoms with Crippen molar-refractivity contribution in [1.82, 2.24) is 10.2 Å². The van der Waals surface area contributed by atoms with Gasteiger partial charge in [0.05, 0.1) is 0 Å². The molecule has 23 heavy (non-hydrogen) atoms. The first kappa shape index (κ1) is 20.0. The number of benzene rings is 2. The third-order valence-electron chi connectivity index (χ3n) is 4.42. The highest BCUT2D eigenvalue weighted by atomic mass is 35.5. The van der Waals surface area contributed by atoms with Gasteiger partial charge in [0.25, 0.3) is 0 Å². The molecule has 1 N–H and O–H groups in total. The SMILES string of the molecule is C=CCC[C@H](c1cccc2ccccc12)N1CCNCC1.Cl.Cl. The molecule has 2 aromatic carbocycles. The Bertz CT molecular complexity index is 604. The fourth-order valence-corrected chi connectivity index (χ4v) is 3.35. The van der Waals surface area contributed by atoms with Gasteiger partial charge in [0, 0.05) is 32.2 Å². The van der Waals surface area contributed by atoms with Crippen LogP contribution in [0.15, 0.2) is 55.1 Å². The zero-order chi connectivity index (χ0) is 14.5. The Balaban J connectivity index is 0.00000132. The van der Waals surface area contributed by atoms with Crippen LogP contribution in [0.5, 0.6) is 0 Å². The minimum absolute atomic E-state index is 0. The first-order chi connectivity index (χ1) is 10.4. The van der Waals surface area contributed by atoms with Crippen LogP contribution in [0.2, 0.25) is 0 Å². The van der Waals surface area contributed by atoms with Crippen LogP contribution in [0.4, 0.5) is 0 Å². The number of piperazine rings is 1. The number of rotatable bonds is 5. The molecule has 1 fully saturated rings. The van der Waals surface area contributed by atoms with Gasteiger partial charge >= 0.3 is 0 Å². The van der Waals surface area contributed by atoms with Crippen molar-refractivity contribution in [3.8, 4) is 0 Å². The van der Waals surface area contributed by atoms with Gasteiger partial charge in [-0.3, -0.25) is 4.90 Å². The van der Waals surface area contributed by atoms with Crippen LogP contribution < -0.4 is 5.32 Å². The summed E-state index contributed by atoms with van der Waals surface area (Å²) in [6.45, 7) is 8.35. The lowest BCUT2D eigenvalue weighted by Gasteiger charge is -2.35. The number of nitrogens with one attached hydrogen (secondary N) is 1. The van der Waals surface area contributed by atoms with E-state index in [-0.39, 0.29) is 24.8 Å². The molecule has 0 spiro atoms. The van der Waals surface area contributed by atoms with Crippen LogP contribution >= 0.6 is 24.8 Å². The van der Waals surface area contributed by atoms with Crippen molar-refractivity contribution in [2.24, 2.45) is 0 Å². The van der Waals surface area contributed by atoms with Crippen molar-refractivity contribution >= 4 is 35.6 Å². The van der Waals surface area contributed by atoms with Crippen molar-refractivity contribution in [2.45, 2.75) is 18.9 Å². The fourth-order valence-electron chi connectivity index (χ4n) is 3.35. The van der Waals surface area contributed by atoms with E-state index in [1.165, 1.54) is 16.3 Å². The number of fused-ring (bicyclic) bond motifs is 1. The Morgan fingerprint density at radius 3 is 2.48 bits per heavy atom. The van der Waals surface area contributed by atoms with Gasteiger partial charge in [0.2, 0.25) is 0 Å². The van der Waals surface area contributed by atoms with Crippen molar-refractivity contribution in [3.05, 3.63) is 60.7 Å². The first-order valence-corrected chi connectivity index (χ1v) is 7.93. The van der Waals surface area contributed by atoms with Crippen LogP contribution in [-0.2, 0) is 0 Å². The molecule has 2 nitrogen and oxygen atoms in total.